The summed E-state index contributed by atoms with van der Waals surface area (Å²) < 4.78 is 27.2. The van der Waals surface area contributed by atoms with Gasteiger partial charge in [-0.2, -0.15) is 4.72 Å². The zero-order chi connectivity index (χ0) is 29.0. The van der Waals surface area contributed by atoms with Crippen molar-refractivity contribution in [3.05, 3.63) is 29.3 Å². The van der Waals surface area contributed by atoms with Crippen molar-refractivity contribution in [2.24, 2.45) is 17.8 Å². The van der Waals surface area contributed by atoms with Gasteiger partial charge in [-0.05, 0) is 114 Å². The van der Waals surface area contributed by atoms with Gasteiger partial charge in [-0.25, -0.2) is 8.42 Å². The summed E-state index contributed by atoms with van der Waals surface area (Å²) in [6.45, 7) is 3.22. The lowest BCUT2D eigenvalue weighted by Crippen LogP contribution is -2.50. The van der Waals surface area contributed by atoms with Crippen molar-refractivity contribution >= 4 is 64.2 Å². The van der Waals surface area contributed by atoms with Crippen molar-refractivity contribution in [2.45, 2.75) is 62.3 Å². The minimum atomic E-state index is -4.16. The maximum atomic E-state index is 13.1. The molecule has 240 valence electrons. The highest BCUT2D eigenvalue weighted by Crippen LogP contribution is 2.27. The van der Waals surface area contributed by atoms with Crippen LogP contribution in [0.15, 0.2) is 29.2 Å². The second-order valence-corrected chi connectivity index (χ2v) is 12.9. The summed E-state index contributed by atoms with van der Waals surface area (Å²) in [5.41, 5.74) is 0. The third-order valence-electron chi connectivity index (χ3n) is 7.78. The smallest absolute Gasteiger partial charge is 0.323 e. The topological polar surface area (TPSA) is 166 Å². The van der Waals surface area contributed by atoms with Gasteiger partial charge >= 0.3 is 5.97 Å². The van der Waals surface area contributed by atoms with Gasteiger partial charge in [0.15, 0.2) is 0 Å². The van der Waals surface area contributed by atoms with Gasteiger partial charge in [-0.3, -0.25) is 14.4 Å². The Kier molecular flexibility index (Phi) is 17.9. The molecule has 2 aliphatic heterocycles. The first-order valence-corrected chi connectivity index (χ1v) is 16.0. The van der Waals surface area contributed by atoms with E-state index in [-0.39, 0.29) is 48.1 Å². The van der Waals surface area contributed by atoms with E-state index in [1.54, 1.807) is 0 Å². The van der Waals surface area contributed by atoms with Crippen LogP contribution < -0.4 is 26.0 Å². The molecule has 1 aromatic rings. The van der Waals surface area contributed by atoms with Crippen molar-refractivity contribution in [3.63, 3.8) is 0 Å². The third kappa shape index (κ3) is 13.3. The van der Waals surface area contributed by atoms with Crippen LogP contribution in [-0.2, 0) is 24.4 Å². The fourth-order valence-electron chi connectivity index (χ4n) is 5.26. The van der Waals surface area contributed by atoms with E-state index < -0.39 is 34.5 Å². The molecule has 2 aliphatic rings. The van der Waals surface area contributed by atoms with Crippen LogP contribution in [0.2, 0.25) is 5.02 Å². The predicted molar refractivity (Wildman–Crippen MR) is 167 cm³/mol. The quantitative estimate of drug-likeness (QED) is 0.165. The van der Waals surface area contributed by atoms with Gasteiger partial charge in [-0.15, -0.1) is 24.8 Å². The number of halogens is 3. The van der Waals surface area contributed by atoms with E-state index in [1.165, 1.54) is 24.3 Å². The molecule has 3 rings (SSSR count). The monoisotopic (exact) mass is 671 g/mol. The van der Waals surface area contributed by atoms with Gasteiger partial charge < -0.3 is 26.4 Å². The van der Waals surface area contributed by atoms with Crippen molar-refractivity contribution in [2.75, 3.05) is 39.3 Å². The fourth-order valence-corrected chi connectivity index (χ4v) is 6.57. The maximum Gasteiger partial charge on any atom is 0.323 e. The molecule has 0 bridgehead atoms. The molecule has 0 aliphatic carbocycles. The van der Waals surface area contributed by atoms with Crippen LogP contribution in [0.25, 0.3) is 0 Å². The van der Waals surface area contributed by atoms with Crippen LogP contribution >= 0.6 is 36.4 Å². The van der Waals surface area contributed by atoms with E-state index in [9.17, 15) is 27.9 Å². The minimum absolute atomic E-state index is 0. The molecule has 15 heteroatoms. The molecular formula is C27H44Cl3N5O6S. The molecular weight excluding hydrogens is 629 g/mol. The number of carbonyl (C=O) groups excluding carboxylic acids is 2. The summed E-state index contributed by atoms with van der Waals surface area (Å²) in [5, 5.41) is 21.7. The van der Waals surface area contributed by atoms with Crippen molar-refractivity contribution in [1.29, 1.82) is 0 Å². The Labute approximate surface area is 265 Å². The molecule has 2 fully saturated rings. The summed E-state index contributed by atoms with van der Waals surface area (Å²) in [5.74, 6) is -1.20. The second-order valence-electron chi connectivity index (χ2n) is 10.7. The van der Waals surface area contributed by atoms with Crippen LogP contribution in [0.3, 0.4) is 0 Å². The number of carboxylic acids is 1. The lowest BCUT2D eigenvalue weighted by Gasteiger charge is -2.27. The lowest BCUT2D eigenvalue weighted by atomic mass is 9.84. The highest BCUT2D eigenvalue weighted by molar-refractivity contribution is 7.89. The molecule has 1 aromatic carbocycles. The molecule has 1 atom stereocenters. The minimum Gasteiger partial charge on any atom is -0.480 e. The summed E-state index contributed by atoms with van der Waals surface area (Å²) in [6.07, 6.45) is 7.94. The molecule has 2 saturated heterocycles. The van der Waals surface area contributed by atoms with Gasteiger partial charge in [0, 0.05) is 17.5 Å². The molecule has 2 amide bonds. The molecule has 11 nitrogen and oxygen atoms in total. The Bertz CT molecular complexity index is 1060. The summed E-state index contributed by atoms with van der Waals surface area (Å²) in [6, 6.07) is 3.67. The lowest BCUT2D eigenvalue weighted by molar-refractivity contribution is -0.139. The number of carboxylic acid groups (broad SMARTS) is 1. The predicted octanol–water partition coefficient (Wildman–Crippen LogP) is 2.32. The third-order valence-corrected chi connectivity index (χ3v) is 9.52. The van der Waals surface area contributed by atoms with Gasteiger partial charge in [-0.1, -0.05) is 11.6 Å². The number of benzene rings is 1. The molecule has 6 N–H and O–H groups in total. The fraction of sp³-hybridized carbons (Fsp3) is 0.667. The van der Waals surface area contributed by atoms with Crippen LogP contribution in [0.5, 0.6) is 0 Å². The Morgan fingerprint density at radius 1 is 0.881 bits per heavy atom. The molecule has 42 heavy (non-hydrogen) atoms. The molecule has 0 saturated carbocycles. The van der Waals surface area contributed by atoms with Crippen LogP contribution in [0, 0.1) is 17.8 Å². The standard InChI is InChI=1S/C27H42ClN5O6S.2ClH/c28-22-5-7-23(8-6-22)40(38,39)33-24(27(36)37)17-31-25(34)18-32-26(35)21(3-1-19-9-13-29-14-10-19)4-2-20-11-15-30-16-12-20;;/h5-8,19-21,24,29-30,33H,1-4,9-18H2,(H,31,34)(H,32,35)(H,36,37);2*1H. The van der Waals surface area contributed by atoms with Crippen LogP contribution in [0.1, 0.15) is 51.4 Å². The second kappa shape index (κ2) is 19.6. The number of aliphatic carboxylic acids is 1. The normalized spacial score (nSPS) is 17.0. The number of carbonyl (C=O) groups is 3. The molecule has 1 unspecified atom stereocenters. The summed E-state index contributed by atoms with van der Waals surface area (Å²) >= 11 is 5.79. The summed E-state index contributed by atoms with van der Waals surface area (Å²) in [7, 11) is -4.16. The highest BCUT2D eigenvalue weighted by atomic mass is 35.5. The number of piperidine rings is 2. The maximum absolute atomic E-state index is 13.1. The zero-order valence-electron chi connectivity index (χ0n) is 23.6. The number of nitrogens with one attached hydrogen (secondary N) is 5. The van der Waals surface area contributed by atoms with Crippen molar-refractivity contribution in [1.82, 2.24) is 26.0 Å². The van der Waals surface area contributed by atoms with Gasteiger partial charge in [0.05, 0.1) is 11.4 Å². The number of rotatable bonds is 15. The SMILES string of the molecule is Cl.Cl.O=C(CNC(=O)C(CCC1CCNCC1)CCC1CCNCC1)NCC(NS(=O)(=O)c1ccc(Cl)cc1)C(=O)O. The first-order valence-electron chi connectivity index (χ1n) is 14.1. The van der Waals surface area contributed by atoms with Crippen LogP contribution in [0.4, 0.5) is 0 Å². The summed E-state index contributed by atoms with van der Waals surface area (Å²) in [4.78, 5) is 37.1. The van der Waals surface area contributed by atoms with Crippen molar-refractivity contribution in [3.8, 4) is 0 Å². The van der Waals surface area contributed by atoms with E-state index in [4.69, 9.17) is 11.6 Å². The zero-order valence-corrected chi connectivity index (χ0v) is 26.8. The van der Waals surface area contributed by atoms with E-state index in [0.717, 1.165) is 77.5 Å². The first kappa shape index (κ1) is 38.4. The molecule has 0 spiro atoms. The number of hydrogen-bond donors (Lipinski definition) is 6. The first-order chi connectivity index (χ1) is 19.1. The molecule has 0 radical (unpaired) electrons. The Balaban J connectivity index is 0.00000441. The number of amides is 2. The average molecular weight is 673 g/mol. The van der Waals surface area contributed by atoms with Crippen molar-refractivity contribution < 1.29 is 27.9 Å². The highest BCUT2D eigenvalue weighted by Gasteiger charge is 2.27. The molecule has 2 heterocycles. The van der Waals surface area contributed by atoms with Gasteiger partial charge in [0.1, 0.15) is 6.04 Å². The van der Waals surface area contributed by atoms with Gasteiger partial charge in [0.25, 0.3) is 0 Å². The average Bonchev–Trinajstić information content (AvgIpc) is 2.95. The molecule has 0 aromatic heterocycles. The van der Waals surface area contributed by atoms with Crippen LogP contribution in [-0.4, -0.2) is 76.6 Å². The number of sulfonamides is 1. The Hall–Kier alpha value is -1.67. The largest absolute Gasteiger partial charge is 0.480 e. The van der Waals surface area contributed by atoms with E-state index >= 15 is 0 Å². The number of hydrogen-bond acceptors (Lipinski definition) is 7. The van der Waals surface area contributed by atoms with E-state index in [0.29, 0.717) is 16.9 Å². The Morgan fingerprint density at radius 2 is 1.38 bits per heavy atom. The Morgan fingerprint density at radius 3 is 1.86 bits per heavy atom. The van der Waals surface area contributed by atoms with Gasteiger partial charge in [0.2, 0.25) is 21.8 Å². The van der Waals surface area contributed by atoms with E-state index in [1.807, 2.05) is 0 Å². The van der Waals surface area contributed by atoms with E-state index in [2.05, 4.69) is 26.0 Å².